The molecule has 4 nitrogen and oxygen atoms in total. The molecule has 1 aliphatic heterocycles. The number of anilines is 1. The van der Waals surface area contributed by atoms with Crippen LogP contribution in [0.25, 0.3) is 0 Å². The lowest BCUT2D eigenvalue weighted by molar-refractivity contribution is -0.0498. The molecule has 1 N–H and O–H groups in total. The standard InChI is InChI=1S/C14H19F2N3OS/c1-18-7-2-8-19(10-9-18)14(21)17-11-3-5-12(6-4-11)20-13(15)16/h3-6,13H,2,7-10H2,1H3,(H,17,21). The van der Waals surface area contributed by atoms with E-state index in [0.29, 0.717) is 5.11 Å². The van der Waals surface area contributed by atoms with Gasteiger partial charge >= 0.3 is 6.61 Å². The summed E-state index contributed by atoms with van der Waals surface area (Å²) in [5, 5.41) is 3.79. The van der Waals surface area contributed by atoms with E-state index < -0.39 is 6.61 Å². The van der Waals surface area contributed by atoms with Crippen LogP contribution in [0.2, 0.25) is 0 Å². The Morgan fingerprint density at radius 2 is 1.90 bits per heavy atom. The van der Waals surface area contributed by atoms with Crippen molar-refractivity contribution in [3.8, 4) is 5.75 Å². The van der Waals surface area contributed by atoms with Gasteiger partial charge < -0.3 is 19.9 Å². The maximum absolute atomic E-state index is 12.1. The molecule has 0 radical (unpaired) electrons. The van der Waals surface area contributed by atoms with Crippen LogP contribution < -0.4 is 10.1 Å². The van der Waals surface area contributed by atoms with Crippen LogP contribution in [-0.4, -0.2) is 54.8 Å². The van der Waals surface area contributed by atoms with E-state index in [1.54, 1.807) is 12.1 Å². The van der Waals surface area contributed by atoms with Gasteiger partial charge in [0.15, 0.2) is 5.11 Å². The van der Waals surface area contributed by atoms with Crippen LogP contribution in [0.4, 0.5) is 14.5 Å². The number of thiocarbonyl (C=S) groups is 1. The number of hydrogen-bond donors (Lipinski definition) is 1. The number of nitrogens with one attached hydrogen (secondary N) is 1. The minimum absolute atomic E-state index is 0.137. The van der Waals surface area contributed by atoms with Gasteiger partial charge in [-0.3, -0.25) is 0 Å². The molecule has 116 valence electrons. The first-order chi connectivity index (χ1) is 10.0. The van der Waals surface area contributed by atoms with Gasteiger partial charge in [-0.1, -0.05) is 0 Å². The average molecular weight is 315 g/mol. The zero-order chi connectivity index (χ0) is 15.2. The minimum atomic E-state index is -2.81. The van der Waals surface area contributed by atoms with Crippen molar-refractivity contribution in [2.75, 3.05) is 38.5 Å². The van der Waals surface area contributed by atoms with Gasteiger partial charge in [-0.05, 0) is 56.5 Å². The highest BCUT2D eigenvalue weighted by atomic mass is 32.1. The summed E-state index contributed by atoms with van der Waals surface area (Å²) in [6.07, 6.45) is 1.07. The molecule has 0 aliphatic carbocycles. The first kappa shape index (κ1) is 15.9. The van der Waals surface area contributed by atoms with Crippen LogP contribution in [0.15, 0.2) is 24.3 Å². The first-order valence-corrected chi connectivity index (χ1v) is 7.25. The number of benzene rings is 1. The molecule has 0 atom stereocenters. The van der Waals surface area contributed by atoms with Gasteiger partial charge in [-0.2, -0.15) is 8.78 Å². The average Bonchev–Trinajstić information content (AvgIpc) is 2.65. The lowest BCUT2D eigenvalue weighted by atomic mass is 10.3. The molecule has 0 saturated carbocycles. The Morgan fingerprint density at radius 1 is 1.19 bits per heavy atom. The van der Waals surface area contributed by atoms with Crippen molar-refractivity contribution in [1.29, 1.82) is 0 Å². The van der Waals surface area contributed by atoms with E-state index in [1.807, 2.05) is 0 Å². The predicted octanol–water partition coefficient (Wildman–Crippen LogP) is 2.62. The number of hydrogen-bond acceptors (Lipinski definition) is 3. The molecule has 0 aromatic heterocycles. The first-order valence-electron chi connectivity index (χ1n) is 6.84. The summed E-state index contributed by atoms with van der Waals surface area (Å²) in [7, 11) is 2.10. The highest BCUT2D eigenvalue weighted by Gasteiger charge is 2.14. The van der Waals surface area contributed by atoms with Crippen molar-refractivity contribution in [1.82, 2.24) is 9.80 Å². The van der Waals surface area contributed by atoms with Crippen LogP contribution in [-0.2, 0) is 0 Å². The van der Waals surface area contributed by atoms with Gasteiger partial charge in [0.25, 0.3) is 0 Å². The van der Waals surface area contributed by atoms with E-state index in [0.717, 1.165) is 38.3 Å². The fraction of sp³-hybridized carbons (Fsp3) is 0.500. The Hall–Kier alpha value is -1.47. The quantitative estimate of drug-likeness (QED) is 0.866. The monoisotopic (exact) mass is 315 g/mol. The topological polar surface area (TPSA) is 27.7 Å². The third-order valence-corrected chi connectivity index (χ3v) is 3.70. The van der Waals surface area contributed by atoms with E-state index in [4.69, 9.17) is 12.2 Å². The van der Waals surface area contributed by atoms with Crippen LogP contribution in [0.3, 0.4) is 0 Å². The van der Waals surface area contributed by atoms with Crippen LogP contribution >= 0.6 is 12.2 Å². The molecule has 0 amide bonds. The van der Waals surface area contributed by atoms with E-state index in [-0.39, 0.29) is 5.75 Å². The van der Waals surface area contributed by atoms with Gasteiger partial charge in [0, 0.05) is 25.3 Å². The number of likely N-dealkylation sites (N-methyl/N-ethyl adjacent to an activating group) is 1. The van der Waals surface area contributed by atoms with Gasteiger partial charge in [0.05, 0.1) is 0 Å². The molecule has 1 saturated heterocycles. The summed E-state index contributed by atoms with van der Waals surface area (Å²) in [5.41, 5.74) is 0.763. The van der Waals surface area contributed by atoms with Crippen LogP contribution in [0, 0.1) is 0 Å². The second kappa shape index (κ2) is 7.51. The molecule has 1 fully saturated rings. The smallest absolute Gasteiger partial charge is 0.387 e. The zero-order valence-corrected chi connectivity index (χ0v) is 12.7. The number of halogens is 2. The molecule has 0 spiro atoms. The molecule has 1 aliphatic rings. The second-order valence-electron chi connectivity index (χ2n) is 4.98. The van der Waals surface area contributed by atoms with Crippen molar-refractivity contribution in [3.63, 3.8) is 0 Å². The van der Waals surface area contributed by atoms with Crippen LogP contribution in [0.1, 0.15) is 6.42 Å². The molecular weight excluding hydrogens is 296 g/mol. The third kappa shape index (κ3) is 5.09. The van der Waals surface area contributed by atoms with Gasteiger partial charge in [-0.25, -0.2) is 0 Å². The number of rotatable bonds is 3. The minimum Gasteiger partial charge on any atom is -0.435 e. The van der Waals surface area contributed by atoms with E-state index in [1.165, 1.54) is 12.1 Å². The highest BCUT2D eigenvalue weighted by Crippen LogP contribution is 2.18. The highest BCUT2D eigenvalue weighted by molar-refractivity contribution is 7.80. The fourth-order valence-electron chi connectivity index (χ4n) is 2.17. The number of alkyl halides is 2. The van der Waals surface area contributed by atoms with E-state index >= 15 is 0 Å². The normalized spacial score (nSPS) is 16.7. The van der Waals surface area contributed by atoms with Gasteiger partial charge in [0.2, 0.25) is 0 Å². The molecule has 7 heteroatoms. The summed E-state index contributed by atoms with van der Waals surface area (Å²) < 4.78 is 28.5. The molecule has 2 rings (SSSR count). The van der Waals surface area contributed by atoms with Crippen molar-refractivity contribution in [2.24, 2.45) is 0 Å². The number of nitrogens with zero attached hydrogens (tertiary/aromatic N) is 2. The van der Waals surface area contributed by atoms with E-state index in [2.05, 4.69) is 26.9 Å². The fourth-order valence-corrected chi connectivity index (χ4v) is 2.47. The molecule has 21 heavy (non-hydrogen) atoms. The van der Waals surface area contributed by atoms with Gasteiger partial charge in [-0.15, -0.1) is 0 Å². The summed E-state index contributed by atoms with van der Waals surface area (Å²) in [4.78, 5) is 4.40. The largest absolute Gasteiger partial charge is 0.435 e. The molecule has 0 bridgehead atoms. The zero-order valence-electron chi connectivity index (χ0n) is 11.9. The summed E-state index contributed by atoms with van der Waals surface area (Å²) in [6.45, 7) is 1.04. The summed E-state index contributed by atoms with van der Waals surface area (Å²) in [5.74, 6) is 0.137. The SMILES string of the molecule is CN1CCCN(C(=S)Nc2ccc(OC(F)F)cc2)CC1. The van der Waals surface area contributed by atoms with Crippen molar-refractivity contribution in [2.45, 2.75) is 13.0 Å². The van der Waals surface area contributed by atoms with Crippen LogP contribution in [0.5, 0.6) is 5.75 Å². The van der Waals surface area contributed by atoms with Gasteiger partial charge in [0.1, 0.15) is 5.75 Å². The molecular formula is C14H19F2N3OS. The lowest BCUT2D eigenvalue weighted by Crippen LogP contribution is -2.37. The van der Waals surface area contributed by atoms with Crippen molar-refractivity contribution < 1.29 is 13.5 Å². The Labute approximate surface area is 128 Å². The molecule has 0 unspecified atom stereocenters. The molecule has 1 aromatic carbocycles. The summed E-state index contributed by atoms with van der Waals surface area (Å²) >= 11 is 5.40. The van der Waals surface area contributed by atoms with E-state index in [9.17, 15) is 8.78 Å². The Bertz CT molecular complexity index is 470. The van der Waals surface area contributed by atoms with Crippen molar-refractivity contribution >= 4 is 23.0 Å². The van der Waals surface area contributed by atoms with Crippen molar-refractivity contribution in [3.05, 3.63) is 24.3 Å². The Morgan fingerprint density at radius 3 is 2.57 bits per heavy atom. The lowest BCUT2D eigenvalue weighted by Gasteiger charge is -2.24. The molecule has 1 heterocycles. The Kier molecular flexibility index (Phi) is 5.69. The maximum Gasteiger partial charge on any atom is 0.387 e. The second-order valence-corrected chi connectivity index (χ2v) is 5.36. The Balaban J connectivity index is 1.89. The summed E-state index contributed by atoms with van der Waals surface area (Å²) in [6, 6.07) is 6.34. The maximum atomic E-state index is 12.1. The number of ether oxygens (including phenoxy) is 1. The predicted molar refractivity (Wildman–Crippen MR) is 83.0 cm³/mol. The third-order valence-electron chi connectivity index (χ3n) is 3.34. The molecule has 1 aromatic rings.